The molecule has 0 saturated carbocycles. The van der Waals surface area contributed by atoms with Crippen molar-refractivity contribution in [2.75, 3.05) is 20.6 Å². The van der Waals surface area contributed by atoms with Crippen molar-refractivity contribution >= 4 is 0 Å². The van der Waals surface area contributed by atoms with Crippen molar-refractivity contribution in [3.8, 4) is 0 Å². The first-order valence-electron chi connectivity index (χ1n) is 8.08. The van der Waals surface area contributed by atoms with Crippen molar-refractivity contribution in [2.45, 2.75) is 31.6 Å². The predicted molar refractivity (Wildman–Crippen MR) is 90.0 cm³/mol. The van der Waals surface area contributed by atoms with Crippen LogP contribution in [-0.4, -0.2) is 25.5 Å². The van der Waals surface area contributed by atoms with Gasteiger partial charge in [-0.3, -0.25) is 0 Å². The van der Waals surface area contributed by atoms with Gasteiger partial charge in [-0.05, 0) is 73.8 Å². The highest BCUT2D eigenvalue weighted by Gasteiger charge is 2.26. The van der Waals surface area contributed by atoms with Crippen LogP contribution in [-0.2, 0) is 6.42 Å². The standard InChI is InChI=1S/C20H24FN/c1-14-18-9-8-17(21)13-16(18)12-15(10-11-22(2)3)20-7-5-4-6-19(14)20/h4-9,13-15H,10-12H2,1-3H3. The molecule has 1 nitrogen and oxygen atoms in total. The van der Waals surface area contributed by atoms with Crippen molar-refractivity contribution in [1.29, 1.82) is 0 Å². The molecule has 2 heteroatoms. The van der Waals surface area contributed by atoms with Crippen LogP contribution in [0.2, 0.25) is 0 Å². The van der Waals surface area contributed by atoms with Gasteiger partial charge in [0.2, 0.25) is 0 Å². The highest BCUT2D eigenvalue weighted by Crippen LogP contribution is 2.40. The number of halogens is 1. The second-order valence-corrected chi connectivity index (χ2v) is 6.69. The Hall–Kier alpha value is -1.67. The SMILES string of the molecule is CC1c2ccc(F)cc2CC(CCN(C)C)c2ccccc21. The van der Waals surface area contributed by atoms with Gasteiger partial charge in [0.25, 0.3) is 0 Å². The average Bonchev–Trinajstić information content (AvgIpc) is 2.61. The van der Waals surface area contributed by atoms with Gasteiger partial charge < -0.3 is 4.90 Å². The molecule has 0 amide bonds. The molecule has 0 fully saturated rings. The summed E-state index contributed by atoms with van der Waals surface area (Å²) < 4.78 is 13.7. The van der Waals surface area contributed by atoms with Crippen LogP contribution in [0.4, 0.5) is 4.39 Å². The molecule has 0 aromatic heterocycles. The summed E-state index contributed by atoms with van der Waals surface area (Å²) in [6.07, 6.45) is 2.04. The van der Waals surface area contributed by atoms with Crippen LogP contribution in [0.3, 0.4) is 0 Å². The molecule has 1 aliphatic rings. The Labute approximate surface area is 132 Å². The van der Waals surface area contributed by atoms with E-state index >= 15 is 0 Å². The topological polar surface area (TPSA) is 3.24 Å². The van der Waals surface area contributed by atoms with E-state index in [9.17, 15) is 4.39 Å². The van der Waals surface area contributed by atoms with Crippen molar-refractivity contribution < 1.29 is 4.39 Å². The molecule has 0 heterocycles. The summed E-state index contributed by atoms with van der Waals surface area (Å²) in [6, 6.07) is 14.0. The molecular weight excluding hydrogens is 273 g/mol. The van der Waals surface area contributed by atoms with E-state index in [1.165, 1.54) is 22.3 Å². The lowest BCUT2D eigenvalue weighted by Crippen LogP contribution is -2.17. The van der Waals surface area contributed by atoms with Gasteiger partial charge in [-0.15, -0.1) is 0 Å². The van der Waals surface area contributed by atoms with Gasteiger partial charge in [0, 0.05) is 5.92 Å². The number of benzene rings is 2. The number of nitrogens with zero attached hydrogens (tertiary/aromatic N) is 1. The van der Waals surface area contributed by atoms with Gasteiger partial charge in [0.15, 0.2) is 0 Å². The summed E-state index contributed by atoms with van der Waals surface area (Å²) in [5.74, 6) is 0.670. The largest absolute Gasteiger partial charge is 0.309 e. The van der Waals surface area contributed by atoms with Crippen LogP contribution in [0.25, 0.3) is 0 Å². The molecule has 0 bridgehead atoms. The van der Waals surface area contributed by atoms with Crippen LogP contribution in [0.5, 0.6) is 0 Å². The van der Waals surface area contributed by atoms with Gasteiger partial charge in [-0.25, -0.2) is 4.39 Å². The molecule has 22 heavy (non-hydrogen) atoms. The zero-order valence-corrected chi connectivity index (χ0v) is 13.6. The van der Waals surface area contributed by atoms with Crippen LogP contribution in [0.1, 0.15) is 47.4 Å². The second kappa shape index (κ2) is 6.21. The molecule has 0 saturated heterocycles. The molecule has 0 radical (unpaired) electrons. The Morgan fingerprint density at radius 3 is 2.50 bits per heavy atom. The molecule has 3 rings (SSSR count). The third-order valence-corrected chi connectivity index (χ3v) is 4.86. The zero-order valence-electron chi connectivity index (χ0n) is 13.6. The van der Waals surface area contributed by atoms with E-state index < -0.39 is 0 Å². The smallest absolute Gasteiger partial charge is 0.123 e. The monoisotopic (exact) mass is 297 g/mol. The number of hydrogen-bond donors (Lipinski definition) is 0. The summed E-state index contributed by atoms with van der Waals surface area (Å²) >= 11 is 0. The highest BCUT2D eigenvalue weighted by molar-refractivity contribution is 5.46. The van der Waals surface area contributed by atoms with Gasteiger partial charge in [-0.2, -0.15) is 0 Å². The maximum atomic E-state index is 13.7. The Morgan fingerprint density at radius 1 is 1.05 bits per heavy atom. The molecule has 2 unspecified atom stereocenters. The normalized spacial score (nSPS) is 20.4. The van der Waals surface area contributed by atoms with Crippen LogP contribution < -0.4 is 0 Å². The lowest BCUT2D eigenvalue weighted by Gasteiger charge is -2.21. The molecule has 1 aliphatic carbocycles. The Bertz CT molecular complexity index is 663. The quantitative estimate of drug-likeness (QED) is 0.802. The fourth-order valence-corrected chi connectivity index (χ4v) is 3.67. The van der Waals surface area contributed by atoms with Gasteiger partial charge in [0.05, 0.1) is 0 Å². The summed E-state index contributed by atoms with van der Waals surface area (Å²) in [4.78, 5) is 2.23. The summed E-state index contributed by atoms with van der Waals surface area (Å²) in [6.45, 7) is 3.29. The first-order valence-corrected chi connectivity index (χ1v) is 8.08. The van der Waals surface area contributed by atoms with E-state index in [4.69, 9.17) is 0 Å². The average molecular weight is 297 g/mol. The van der Waals surface area contributed by atoms with E-state index in [0.29, 0.717) is 11.8 Å². The maximum Gasteiger partial charge on any atom is 0.123 e. The zero-order chi connectivity index (χ0) is 15.7. The molecule has 116 valence electrons. The van der Waals surface area contributed by atoms with Crippen LogP contribution >= 0.6 is 0 Å². The summed E-state index contributed by atoms with van der Waals surface area (Å²) in [7, 11) is 4.22. The lowest BCUT2D eigenvalue weighted by atomic mass is 9.87. The molecule has 0 aliphatic heterocycles. The fraction of sp³-hybridized carbons (Fsp3) is 0.400. The molecular formula is C20H24FN. The minimum atomic E-state index is -0.122. The Kier molecular flexibility index (Phi) is 4.30. The van der Waals surface area contributed by atoms with Crippen LogP contribution in [0.15, 0.2) is 42.5 Å². The molecule has 2 aromatic carbocycles. The molecule has 0 spiro atoms. The molecule has 0 N–H and O–H groups in total. The summed E-state index contributed by atoms with van der Waals surface area (Å²) in [5, 5.41) is 0. The van der Waals surface area contributed by atoms with Gasteiger partial charge in [-0.1, -0.05) is 37.3 Å². The van der Waals surface area contributed by atoms with E-state index in [0.717, 1.165) is 19.4 Å². The van der Waals surface area contributed by atoms with Crippen molar-refractivity contribution in [3.63, 3.8) is 0 Å². The first-order chi connectivity index (χ1) is 10.6. The third kappa shape index (κ3) is 2.93. The van der Waals surface area contributed by atoms with E-state index in [-0.39, 0.29) is 5.82 Å². The van der Waals surface area contributed by atoms with E-state index in [2.05, 4.69) is 50.2 Å². The highest BCUT2D eigenvalue weighted by atomic mass is 19.1. The number of fused-ring (bicyclic) bond motifs is 2. The molecule has 2 aromatic rings. The van der Waals surface area contributed by atoms with Crippen molar-refractivity contribution in [2.24, 2.45) is 0 Å². The summed E-state index contributed by atoms with van der Waals surface area (Å²) in [5.41, 5.74) is 5.29. The van der Waals surface area contributed by atoms with E-state index in [1.54, 1.807) is 12.1 Å². The maximum absolute atomic E-state index is 13.7. The predicted octanol–water partition coefficient (Wildman–Crippen LogP) is 4.57. The minimum Gasteiger partial charge on any atom is -0.309 e. The van der Waals surface area contributed by atoms with Gasteiger partial charge >= 0.3 is 0 Å². The number of rotatable bonds is 3. The molecule has 2 atom stereocenters. The Morgan fingerprint density at radius 2 is 1.77 bits per heavy atom. The third-order valence-electron chi connectivity index (χ3n) is 4.86. The lowest BCUT2D eigenvalue weighted by molar-refractivity contribution is 0.379. The Balaban J connectivity index is 2.06. The number of hydrogen-bond acceptors (Lipinski definition) is 1. The van der Waals surface area contributed by atoms with Crippen LogP contribution in [0, 0.1) is 5.82 Å². The van der Waals surface area contributed by atoms with E-state index in [1.807, 2.05) is 6.07 Å². The minimum absolute atomic E-state index is 0.122. The fourth-order valence-electron chi connectivity index (χ4n) is 3.67. The van der Waals surface area contributed by atoms with Crippen molar-refractivity contribution in [3.05, 3.63) is 70.5 Å². The second-order valence-electron chi connectivity index (χ2n) is 6.69. The van der Waals surface area contributed by atoms with Crippen molar-refractivity contribution in [1.82, 2.24) is 4.90 Å². The first kappa shape index (κ1) is 15.2. The van der Waals surface area contributed by atoms with Gasteiger partial charge in [0.1, 0.15) is 5.82 Å².